The van der Waals surface area contributed by atoms with E-state index in [-0.39, 0.29) is 0 Å². The van der Waals surface area contributed by atoms with E-state index >= 15 is 0 Å². The van der Waals surface area contributed by atoms with Crippen molar-refractivity contribution >= 4 is 0 Å². The number of ether oxygens (including phenoxy) is 1. The summed E-state index contributed by atoms with van der Waals surface area (Å²) in [5.41, 5.74) is 0. The van der Waals surface area contributed by atoms with Crippen LogP contribution in [-0.2, 0) is 7.05 Å². The third kappa shape index (κ3) is 8.68. The summed E-state index contributed by atoms with van der Waals surface area (Å²) in [6.07, 6.45) is 17.3. The molecule has 0 saturated carbocycles. The smallest absolute Gasteiger partial charge is 0.157 e. The Kier molecular flexibility index (Phi) is 9.21. The van der Waals surface area contributed by atoms with Gasteiger partial charge in [0.1, 0.15) is 0 Å². The van der Waals surface area contributed by atoms with Gasteiger partial charge in [0.05, 0.1) is 19.0 Å². The Morgan fingerprint density at radius 3 is 2.05 bits per heavy atom. The molecule has 0 atom stereocenters. The van der Waals surface area contributed by atoms with Crippen molar-refractivity contribution in [1.29, 1.82) is 0 Å². The topological polar surface area (TPSA) is 27.1 Å². The van der Waals surface area contributed by atoms with E-state index in [1.54, 1.807) is 10.9 Å². The number of aromatic nitrogens is 2. The first-order chi connectivity index (χ1) is 9.33. The highest BCUT2D eigenvalue weighted by atomic mass is 16.5. The van der Waals surface area contributed by atoms with Gasteiger partial charge in [-0.2, -0.15) is 5.10 Å². The van der Waals surface area contributed by atoms with Crippen LogP contribution >= 0.6 is 0 Å². The van der Waals surface area contributed by atoms with Crippen LogP contribution in [0.2, 0.25) is 0 Å². The number of unbranched alkanes of at least 4 members (excludes halogenated alkanes) is 9. The van der Waals surface area contributed by atoms with Crippen molar-refractivity contribution in [3.8, 4) is 5.75 Å². The Morgan fingerprint density at radius 2 is 1.53 bits per heavy atom. The zero-order valence-corrected chi connectivity index (χ0v) is 12.7. The molecular weight excluding hydrogens is 236 g/mol. The zero-order valence-electron chi connectivity index (χ0n) is 12.7. The largest absolute Gasteiger partial charge is 0.490 e. The molecular formula is C16H30N2O. The predicted octanol–water partition coefficient (Wildman–Crippen LogP) is 4.72. The molecule has 3 heteroatoms. The van der Waals surface area contributed by atoms with E-state index in [0.29, 0.717) is 0 Å². The first-order valence-electron chi connectivity index (χ1n) is 7.94. The highest BCUT2D eigenvalue weighted by molar-refractivity contribution is 5.10. The molecule has 0 spiro atoms. The standard InChI is InChI=1S/C16H30N2O/c1-3-4-5-6-7-8-9-10-11-12-13-19-16-14-17-18(2)15-16/h14-15H,3-13H2,1-2H3. The average molecular weight is 266 g/mol. The number of hydrogen-bond donors (Lipinski definition) is 0. The van der Waals surface area contributed by atoms with E-state index in [9.17, 15) is 0 Å². The fraction of sp³-hybridized carbons (Fsp3) is 0.812. The van der Waals surface area contributed by atoms with Crippen molar-refractivity contribution in [2.75, 3.05) is 6.61 Å². The molecule has 3 nitrogen and oxygen atoms in total. The van der Waals surface area contributed by atoms with Gasteiger partial charge in [-0.05, 0) is 6.42 Å². The average Bonchev–Trinajstić information content (AvgIpc) is 2.82. The summed E-state index contributed by atoms with van der Waals surface area (Å²) in [5, 5.41) is 4.08. The van der Waals surface area contributed by atoms with Crippen LogP contribution in [0.5, 0.6) is 5.75 Å². The third-order valence-electron chi connectivity index (χ3n) is 3.45. The lowest BCUT2D eigenvalue weighted by Gasteiger charge is -2.03. The number of aryl methyl sites for hydroxylation is 1. The van der Waals surface area contributed by atoms with Crippen LogP contribution in [0.1, 0.15) is 71.1 Å². The third-order valence-corrected chi connectivity index (χ3v) is 3.45. The lowest BCUT2D eigenvalue weighted by Crippen LogP contribution is -1.96. The number of nitrogens with zero attached hydrogens (tertiary/aromatic N) is 2. The van der Waals surface area contributed by atoms with Crippen molar-refractivity contribution in [3.05, 3.63) is 12.4 Å². The molecule has 1 aromatic rings. The molecule has 0 radical (unpaired) electrons. The maximum atomic E-state index is 5.62. The van der Waals surface area contributed by atoms with Crippen LogP contribution in [0.15, 0.2) is 12.4 Å². The Morgan fingerprint density at radius 1 is 0.947 bits per heavy atom. The maximum absolute atomic E-state index is 5.62. The monoisotopic (exact) mass is 266 g/mol. The molecule has 0 aliphatic rings. The van der Waals surface area contributed by atoms with E-state index in [1.165, 1.54) is 57.8 Å². The highest BCUT2D eigenvalue weighted by Crippen LogP contribution is 2.11. The lowest BCUT2D eigenvalue weighted by molar-refractivity contribution is 0.304. The molecule has 0 fully saturated rings. The molecule has 19 heavy (non-hydrogen) atoms. The molecule has 1 aromatic heterocycles. The van der Waals surface area contributed by atoms with Crippen molar-refractivity contribution < 1.29 is 4.74 Å². The van der Waals surface area contributed by atoms with Gasteiger partial charge in [0.15, 0.2) is 5.75 Å². The Bertz CT molecular complexity index is 309. The summed E-state index contributed by atoms with van der Waals surface area (Å²) >= 11 is 0. The summed E-state index contributed by atoms with van der Waals surface area (Å²) in [6, 6.07) is 0. The minimum absolute atomic E-state index is 0.822. The SMILES string of the molecule is CCCCCCCCCCCCOc1cnn(C)c1. The molecule has 0 aliphatic heterocycles. The van der Waals surface area contributed by atoms with Gasteiger partial charge in [0.25, 0.3) is 0 Å². The van der Waals surface area contributed by atoms with Crippen LogP contribution in [-0.4, -0.2) is 16.4 Å². The van der Waals surface area contributed by atoms with Crippen LogP contribution in [0, 0.1) is 0 Å². The van der Waals surface area contributed by atoms with Gasteiger partial charge in [-0.1, -0.05) is 64.7 Å². The van der Waals surface area contributed by atoms with E-state index in [1.807, 2.05) is 13.2 Å². The van der Waals surface area contributed by atoms with Crippen molar-refractivity contribution in [2.45, 2.75) is 71.1 Å². The van der Waals surface area contributed by atoms with E-state index < -0.39 is 0 Å². The van der Waals surface area contributed by atoms with Crippen molar-refractivity contribution in [3.63, 3.8) is 0 Å². The fourth-order valence-corrected chi connectivity index (χ4v) is 2.25. The molecule has 110 valence electrons. The first kappa shape index (κ1) is 16.1. The first-order valence-corrected chi connectivity index (χ1v) is 7.94. The second-order valence-corrected chi connectivity index (χ2v) is 5.38. The van der Waals surface area contributed by atoms with Gasteiger partial charge in [0.2, 0.25) is 0 Å². The second-order valence-electron chi connectivity index (χ2n) is 5.38. The molecule has 0 aliphatic carbocycles. The molecule has 0 aromatic carbocycles. The highest BCUT2D eigenvalue weighted by Gasteiger charge is 1.96. The van der Waals surface area contributed by atoms with Gasteiger partial charge in [-0.3, -0.25) is 4.68 Å². The minimum Gasteiger partial charge on any atom is -0.490 e. The van der Waals surface area contributed by atoms with Crippen LogP contribution in [0.4, 0.5) is 0 Å². The normalized spacial score (nSPS) is 10.8. The van der Waals surface area contributed by atoms with Crippen LogP contribution in [0.3, 0.4) is 0 Å². The van der Waals surface area contributed by atoms with Crippen molar-refractivity contribution in [2.24, 2.45) is 7.05 Å². The zero-order chi connectivity index (χ0) is 13.8. The molecule has 0 unspecified atom stereocenters. The summed E-state index contributed by atoms with van der Waals surface area (Å²) in [4.78, 5) is 0. The Hall–Kier alpha value is -0.990. The van der Waals surface area contributed by atoms with E-state index in [2.05, 4.69) is 12.0 Å². The van der Waals surface area contributed by atoms with Gasteiger partial charge in [0, 0.05) is 7.05 Å². The van der Waals surface area contributed by atoms with Gasteiger partial charge in [-0.25, -0.2) is 0 Å². The van der Waals surface area contributed by atoms with Crippen LogP contribution in [0.25, 0.3) is 0 Å². The van der Waals surface area contributed by atoms with Crippen LogP contribution < -0.4 is 4.74 Å². The van der Waals surface area contributed by atoms with Gasteiger partial charge in [-0.15, -0.1) is 0 Å². The maximum Gasteiger partial charge on any atom is 0.157 e. The Labute approximate surface area is 118 Å². The lowest BCUT2D eigenvalue weighted by atomic mass is 10.1. The van der Waals surface area contributed by atoms with Gasteiger partial charge < -0.3 is 4.74 Å². The Balaban J connectivity index is 1.79. The van der Waals surface area contributed by atoms with E-state index in [4.69, 9.17) is 4.74 Å². The second kappa shape index (κ2) is 10.9. The van der Waals surface area contributed by atoms with E-state index in [0.717, 1.165) is 18.8 Å². The quantitative estimate of drug-likeness (QED) is 0.512. The fourth-order valence-electron chi connectivity index (χ4n) is 2.25. The number of hydrogen-bond acceptors (Lipinski definition) is 2. The summed E-state index contributed by atoms with van der Waals surface area (Å²) in [5.74, 6) is 0.887. The van der Waals surface area contributed by atoms with Gasteiger partial charge >= 0.3 is 0 Å². The summed E-state index contributed by atoms with van der Waals surface area (Å²) in [6.45, 7) is 3.09. The molecule has 0 N–H and O–H groups in total. The summed E-state index contributed by atoms with van der Waals surface area (Å²) < 4.78 is 7.39. The summed E-state index contributed by atoms with van der Waals surface area (Å²) in [7, 11) is 1.91. The molecule has 0 amide bonds. The predicted molar refractivity (Wildman–Crippen MR) is 80.5 cm³/mol. The minimum atomic E-state index is 0.822. The molecule has 1 heterocycles. The molecule has 0 saturated heterocycles. The molecule has 1 rings (SSSR count). The van der Waals surface area contributed by atoms with Crippen molar-refractivity contribution in [1.82, 2.24) is 9.78 Å². The molecule has 0 bridgehead atoms. The number of rotatable bonds is 12.